The van der Waals surface area contributed by atoms with Gasteiger partial charge in [0, 0.05) is 47.7 Å². The lowest BCUT2D eigenvalue weighted by Crippen LogP contribution is -2.41. The Morgan fingerprint density at radius 3 is 2.61 bits per heavy atom. The smallest absolute Gasteiger partial charge is 0.327 e. The van der Waals surface area contributed by atoms with Crippen molar-refractivity contribution in [2.75, 3.05) is 5.32 Å². The molecule has 3 aromatic heterocycles. The van der Waals surface area contributed by atoms with E-state index in [2.05, 4.69) is 25.7 Å². The molecule has 0 unspecified atom stereocenters. The number of carbonyl (C=O) groups is 2. The summed E-state index contributed by atoms with van der Waals surface area (Å²) in [7, 11) is 1.85. The summed E-state index contributed by atoms with van der Waals surface area (Å²) in [6, 6.07) is 6.52. The van der Waals surface area contributed by atoms with Crippen molar-refractivity contribution in [3.05, 3.63) is 54.1 Å². The summed E-state index contributed by atoms with van der Waals surface area (Å²) < 4.78 is 7.62. The molecule has 0 saturated carbocycles. The standard InChI is InChI=1S/C22H26N6O3/c1-14-15(6-7-19(25-14)26-21(30)27-20(29)22(2,3)4)13-31-17-8-9-23-18(10-17)16-11-24-28(5)12-16/h6-12H,13H2,1-5H3,(H2,25,26,27,29,30). The van der Waals surface area contributed by atoms with Crippen LogP contribution in [-0.4, -0.2) is 31.7 Å². The molecule has 0 fully saturated rings. The summed E-state index contributed by atoms with van der Waals surface area (Å²) in [5.74, 6) is 0.661. The SMILES string of the molecule is Cc1nc(NC(=O)NC(=O)C(C)(C)C)ccc1COc1ccnc(-c2cnn(C)c2)c1. The first-order valence-corrected chi connectivity index (χ1v) is 9.78. The molecule has 0 aliphatic heterocycles. The number of anilines is 1. The quantitative estimate of drug-likeness (QED) is 0.651. The number of rotatable bonds is 5. The number of imide groups is 1. The minimum Gasteiger partial charge on any atom is -0.489 e. The van der Waals surface area contributed by atoms with Crippen LogP contribution in [0.2, 0.25) is 0 Å². The fourth-order valence-electron chi connectivity index (χ4n) is 2.62. The summed E-state index contributed by atoms with van der Waals surface area (Å²) in [4.78, 5) is 32.6. The highest BCUT2D eigenvalue weighted by atomic mass is 16.5. The Balaban J connectivity index is 1.61. The van der Waals surface area contributed by atoms with Gasteiger partial charge in [-0.25, -0.2) is 9.78 Å². The molecule has 3 aromatic rings. The number of ether oxygens (including phenoxy) is 1. The van der Waals surface area contributed by atoms with Gasteiger partial charge in [0.1, 0.15) is 18.2 Å². The molecule has 0 radical (unpaired) electrons. The van der Waals surface area contributed by atoms with Gasteiger partial charge in [-0.2, -0.15) is 5.10 Å². The van der Waals surface area contributed by atoms with Gasteiger partial charge in [0.25, 0.3) is 0 Å². The zero-order valence-corrected chi connectivity index (χ0v) is 18.3. The second-order valence-electron chi connectivity index (χ2n) is 8.17. The van der Waals surface area contributed by atoms with E-state index in [0.29, 0.717) is 23.9 Å². The first-order chi connectivity index (χ1) is 14.6. The van der Waals surface area contributed by atoms with Crippen molar-refractivity contribution < 1.29 is 14.3 Å². The van der Waals surface area contributed by atoms with Gasteiger partial charge >= 0.3 is 6.03 Å². The van der Waals surface area contributed by atoms with Crippen molar-refractivity contribution in [1.29, 1.82) is 0 Å². The third-order valence-electron chi connectivity index (χ3n) is 4.47. The summed E-state index contributed by atoms with van der Waals surface area (Å²) >= 11 is 0. The second kappa shape index (κ2) is 8.95. The minimum absolute atomic E-state index is 0.310. The molecular formula is C22H26N6O3. The summed E-state index contributed by atoms with van der Waals surface area (Å²) in [6.07, 6.45) is 5.32. The van der Waals surface area contributed by atoms with E-state index < -0.39 is 11.4 Å². The van der Waals surface area contributed by atoms with Crippen LogP contribution in [0.5, 0.6) is 5.75 Å². The number of aryl methyl sites for hydroxylation is 2. The molecule has 0 aliphatic carbocycles. The number of hydrogen-bond acceptors (Lipinski definition) is 6. The zero-order chi connectivity index (χ0) is 22.6. The van der Waals surface area contributed by atoms with Crippen molar-refractivity contribution >= 4 is 17.8 Å². The number of carbonyl (C=O) groups excluding carboxylic acids is 2. The van der Waals surface area contributed by atoms with E-state index in [4.69, 9.17) is 4.74 Å². The van der Waals surface area contributed by atoms with E-state index in [1.165, 1.54) is 0 Å². The van der Waals surface area contributed by atoms with E-state index in [0.717, 1.165) is 16.8 Å². The molecule has 3 rings (SSSR count). The maximum Gasteiger partial charge on any atom is 0.327 e. The molecular weight excluding hydrogens is 396 g/mol. The van der Waals surface area contributed by atoms with E-state index in [1.807, 2.05) is 32.3 Å². The monoisotopic (exact) mass is 422 g/mol. The predicted octanol–water partition coefficient (Wildman–Crippen LogP) is 3.46. The zero-order valence-electron chi connectivity index (χ0n) is 18.3. The van der Waals surface area contributed by atoms with E-state index in [9.17, 15) is 9.59 Å². The summed E-state index contributed by atoms with van der Waals surface area (Å²) in [5, 5.41) is 9.04. The lowest BCUT2D eigenvalue weighted by atomic mass is 9.96. The molecule has 2 N–H and O–H groups in total. The maximum absolute atomic E-state index is 12.0. The average molecular weight is 422 g/mol. The number of nitrogens with one attached hydrogen (secondary N) is 2. The van der Waals surface area contributed by atoms with Crippen LogP contribution in [0.15, 0.2) is 42.9 Å². The first-order valence-electron chi connectivity index (χ1n) is 9.78. The topological polar surface area (TPSA) is 111 Å². The van der Waals surface area contributed by atoms with Crippen molar-refractivity contribution in [2.45, 2.75) is 34.3 Å². The predicted molar refractivity (Wildman–Crippen MR) is 116 cm³/mol. The molecule has 31 heavy (non-hydrogen) atoms. The number of aromatic nitrogens is 4. The third-order valence-corrected chi connectivity index (χ3v) is 4.47. The van der Waals surface area contributed by atoms with Gasteiger partial charge in [0.15, 0.2) is 0 Å². The Labute approximate surface area is 180 Å². The Morgan fingerprint density at radius 2 is 1.97 bits per heavy atom. The molecule has 9 heteroatoms. The molecule has 3 heterocycles. The molecule has 0 bridgehead atoms. The van der Waals surface area contributed by atoms with E-state index >= 15 is 0 Å². The van der Waals surface area contributed by atoms with Crippen molar-refractivity contribution in [1.82, 2.24) is 25.1 Å². The number of urea groups is 1. The third kappa shape index (κ3) is 5.88. The highest BCUT2D eigenvalue weighted by Gasteiger charge is 2.23. The van der Waals surface area contributed by atoms with Crippen LogP contribution in [0.25, 0.3) is 11.3 Å². The molecule has 0 aromatic carbocycles. The van der Waals surface area contributed by atoms with Crippen LogP contribution in [0.3, 0.4) is 0 Å². The molecule has 0 saturated heterocycles. The average Bonchev–Trinajstić information content (AvgIpc) is 3.13. The van der Waals surface area contributed by atoms with Gasteiger partial charge in [-0.05, 0) is 19.1 Å². The fraction of sp³-hybridized carbons (Fsp3) is 0.318. The van der Waals surface area contributed by atoms with Gasteiger partial charge < -0.3 is 4.74 Å². The Kier molecular flexibility index (Phi) is 6.33. The van der Waals surface area contributed by atoms with Crippen LogP contribution in [0, 0.1) is 12.3 Å². The first kappa shape index (κ1) is 21.9. The fourth-order valence-corrected chi connectivity index (χ4v) is 2.62. The van der Waals surface area contributed by atoms with Gasteiger partial charge in [-0.15, -0.1) is 0 Å². The van der Waals surface area contributed by atoms with Crippen molar-refractivity contribution in [3.63, 3.8) is 0 Å². The Bertz CT molecular complexity index is 1100. The van der Waals surface area contributed by atoms with Crippen LogP contribution in [0.1, 0.15) is 32.0 Å². The normalized spacial score (nSPS) is 11.1. The largest absolute Gasteiger partial charge is 0.489 e. The second-order valence-corrected chi connectivity index (χ2v) is 8.17. The number of pyridine rings is 2. The molecule has 9 nitrogen and oxygen atoms in total. The van der Waals surface area contributed by atoms with E-state index in [1.54, 1.807) is 50.0 Å². The van der Waals surface area contributed by atoms with Crippen molar-refractivity contribution in [3.8, 4) is 17.0 Å². The summed E-state index contributed by atoms with van der Waals surface area (Å²) in [6.45, 7) is 7.33. The number of nitrogens with zero attached hydrogens (tertiary/aromatic N) is 4. The molecule has 0 aliphatic rings. The van der Waals surface area contributed by atoms with Crippen LogP contribution < -0.4 is 15.4 Å². The number of hydrogen-bond donors (Lipinski definition) is 2. The lowest BCUT2D eigenvalue weighted by Gasteiger charge is -2.17. The van der Waals surface area contributed by atoms with Gasteiger partial charge in [-0.3, -0.25) is 25.1 Å². The Morgan fingerprint density at radius 1 is 1.19 bits per heavy atom. The highest BCUT2D eigenvalue weighted by molar-refractivity contribution is 6.02. The van der Waals surface area contributed by atoms with E-state index in [-0.39, 0.29) is 5.91 Å². The minimum atomic E-state index is -0.661. The highest BCUT2D eigenvalue weighted by Crippen LogP contribution is 2.22. The molecule has 162 valence electrons. The maximum atomic E-state index is 12.0. The van der Waals surface area contributed by atoms with Crippen LogP contribution >= 0.6 is 0 Å². The summed E-state index contributed by atoms with van der Waals surface area (Å²) in [5.41, 5.74) is 2.60. The number of amides is 3. The van der Waals surface area contributed by atoms with Crippen LogP contribution in [0.4, 0.5) is 10.6 Å². The Hall–Kier alpha value is -3.75. The molecule has 0 atom stereocenters. The van der Waals surface area contributed by atoms with Gasteiger partial charge in [-0.1, -0.05) is 26.8 Å². The van der Waals surface area contributed by atoms with Gasteiger partial charge in [0.05, 0.1) is 11.9 Å². The molecule has 3 amide bonds. The molecule has 0 spiro atoms. The van der Waals surface area contributed by atoms with Crippen LogP contribution in [-0.2, 0) is 18.4 Å². The van der Waals surface area contributed by atoms with Crippen molar-refractivity contribution in [2.24, 2.45) is 12.5 Å². The lowest BCUT2D eigenvalue weighted by molar-refractivity contribution is -0.127. The van der Waals surface area contributed by atoms with Gasteiger partial charge in [0.2, 0.25) is 5.91 Å².